The van der Waals surface area contributed by atoms with Gasteiger partial charge in [-0.3, -0.25) is 4.79 Å². The number of carbonyl (C=O) groups excluding carboxylic acids is 2. The third-order valence-electron chi connectivity index (χ3n) is 3.09. The highest BCUT2D eigenvalue weighted by molar-refractivity contribution is 5.83. The molecule has 1 aliphatic rings. The Balaban J connectivity index is 0.000000219. The summed E-state index contributed by atoms with van der Waals surface area (Å²) < 4.78 is 17.3. The molecule has 116 valence electrons. The average molecular weight is 296 g/mol. The molecule has 1 fully saturated rings. The van der Waals surface area contributed by atoms with Crippen LogP contribution in [0.25, 0.3) is 0 Å². The molecule has 0 radical (unpaired) electrons. The van der Waals surface area contributed by atoms with E-state index in [0.29, 0.717) is 19.7 Å². The number of morpholine rings is 1. The molecule has 6 heteroatoms. The summed E-state index contributed by atoms with van der Waals surface area (Å²) in [4.78, 5) is 23.3. The minimum absolute atomic E-state index is 0.0594. The van der Waals surface area contributed by atoms with Crippen LogP contribution < -0.4 is 5.32 Å². The number of halogens is 1. The van der Waals surface area contributed by atoms with Crippen molar-refractivity contribution in [2.75, 3.05) is 32.1 Å². The standard InChI is InChI=1S/C8H13NO3.C7H8FN/c1-2-9-4-6-12-7(3-5-10)8(9)11;1-9-7-4-2-6(8)3-5-7/h5,7H,2-4,6H2,1H3;2-5,9H,1H3. The highest BCUT2D eigenvalue weighted by atomic mass is 19.1. The molecular formula is C15H21FN2O3. The fraction of sp³-hybridized carbons (Fsp3) is 0.467. The maximum Gasteiger partial charge on any atom is 0.252 e. The smallest absolute Gasteiger partial charge is 0.252 e. The third kappa shape index (κ3) is 5.51. The summed E-state index contributed by atoms with van der Waals surface area (Å²) in [5.41, 5.74) is 0.927. The number of likely N-dealkylation sites (N-methyl/N-ethyl adjacent to an activating group) is 1. The fourth-order valence-corrected chi connectivity index (χ4v) is 1.88. The molecule has 2 rings (SSSR count). The first-order valence-electron chi connectivity index (χ1n) is 6.89. The van der Waals surface area contributed by atoms with Gasteiger partial charge in [-0.15, -0.1) is 0 Å². The van der Waals surface area contributed by atoms with Gasteiger partial charge in [0.25, 0.3) is 5.91 Å². The number of hydrogen-bond donors (Lipinski definition) is 1. The topological polar surface area (TPSA) is 58.6 Å². The highest BCUT2D eigenvalue weighted by Gasteiger charge is 2.27. The van der Waals surface area contributed by atoms with Gasteiger partial charge in [0.15, 0.2) is 0 Å². The molecule has 0 spiro atoms. The van der Waals surface area contributed by atoms with Crippen molar-refractivity contribution in [2.24, 2.45) is 0 Å². The van der Waals surface area contributed by atoms with Crippen LogP contribution in [0.2, 0.25) is 0 Å². The zero-order valence-corrected chi connectivity index (χ0v) is 12.3. The van der Waals surface area contributed by atoms with Crippen molar-refractivity contribution in [1.82, 2.24) is 4.90 Å². The van der Waals surface area contributed by atoms with Crippen LogP contribution >= 0.6 is 0 Å². The summed E-state index contributed by atoms with van der Waals surface area (Å²) in [6.07, 6.45) is 0.369. The van der Waals surface area contributed by atoms with Crippen LogP contribution in [0, 0.1) is 5.82 Å². The molecule has 1 heterocycles. The van der Waals surface area contributed by atoms with E-state index in [-0.39, 0.29) is 18.1 Å². The van der Waals surface area contributed by atoms with E-state index >= 15 is 0 Å². The number of nitrogens with one attached hydrogen (secondary N) is 1. The minimum atomic E-state index is -0.531. The Bertz CT molecular complexity index is 451. The zero-order chi connectivity index (χ0) is 15.7. The first-order chi connectivity index (χ1) is 10.1. The van der Waals surface area contributed by atoms with Crippen molar-refractivity contribution >= 4 is 17.9 Å². The summed E-state index contributed by atoms with van der Waals surface area (Å²) in [5.74, 6) is -0.259. The molecule has 1 aromatic rings. The maximum absolute atomic E-state index is 12.2. The van der Waals surface area contributed by atoms with E-state index in [0.717, 1.165) is 12.0 Å². The molecular weight excluding hydrogens is 275 g/mol. The van der Waals surface area contributed by atoms with Crippen molar-refractivity contribution in [3.63, 3.8) is 0 Å². The monoisotopic (exact) mass is 296 g/mol. The normalized spacial score (nSPS) is 17.8. The van der Waals surface area contributed by atoms with Gasteiger partial charge in [0, 0.05) is 32.2 Å². The van der Waals surface area contributed by atoms with Gasteiger partial charge in [-0.05, 0) is 31.2 Å². The molecule has 1 atom stereocenters. The Kier molecular flexibility index (Phi) is 7.39. The van der Waals surface area contributed by atoms with E-state index < -0.39 is 6.10 Å². The molecule has 1 saturated heterocycles. The Morgan fingerprint density at radius 2 is 2.10 bits per heavy atom. The van der Waals surface area contributed by atoms with Gasteiger partial charge in [-0.25, -0.2) is 4.39 Å². The number of hydrogen-bond acceptors (Lipinski definition) is 4. The highest BCUT2D eigenvalue weighted by Crippen LogP contribution is 2.08. The summed E-state index contributed by atoms with van der Waals surface area (Å²) >= 11 is 0. The van der Waals surface area contributed by atoms with Crippen LogP contribution in [0.1, 0.15) is 13.3 Å². The predicted octanol–water partition coefficient (Wildman–Crippen LogP) is 1.69. The Labute approximate surface area is 124 Å². The van der Waals surface area contributed by atoms with Gasteiger partial charge in [-0.2, -0.15) is 0 Å². The van der Waals surface area contributed by atoms with E-state index in [4.69, 9.17) is 4.74 Å². The number of ether oxygens (including phenoxy) is 1. The number of nitrogens with zero attached hydrogens (tertiary/aromatic N) is 1. The third-order valence-corrected chi connectivity index (χ3v) is 3.09. The van der Waals surface area contributed by atoms with Crippen molar-refractivity contribution < 1.29 is 18.7 Å². The molecule has 0 bridgehead atoms. The van der Waals surface area contributed by atoms with Crippen LogP contribution in [0.4, 0.5) is 10.1 Å². The van der Waals surface area contributed by atoms with Crippen molar-refractivity contribution in [3.8, 4) is 0 Å². The summed E-state index contributed by atoms with van der Waals surface area (Å²) in [6, 6.07) is 6.22. The Hall–Kier alpha value is -1.95. The maximum atomic E-state index is 12.2. The lowest BCUT2D eigenvalue weighted by Crippen LogP contribution is -2.47. The van der Waals surface area contributed by atoms with Crippen molar-refractivity contribution in [3.05, 3.63) is 30.1 Å². The Morgan fingerprint density at radius 3 is 2.62 bits per heavy atom. The summed E-state index contributed by atoms with van der Waals surface area (Å²) in [6.45, 7) is 3.79. The molecule has 0 aromatic heterocycles. The molecule has 1 N–H and O–H groups in total. The quantitative estimate of drug-likeness (QED) is 0.859. The van der Waals surface area contributed by atoms with E-state index in [1.54, 1.807) is 24.1 Å². The van der Waals surface area contributed by atoms with E-state index in [9.17, 15) is 14.0 Å². The first-order valence-corrected chi connectivity index (χ1v) is 6.89. The molecule has 1 aliphatic heterocycles. The van der Waals surface area contributed by atoms with E-state index in [2.05, 4.69) is 5.32 Å². The molecule has 21 heavy (non-hydrogen) atoms. The lowest BCUT2D eigenvalue weighted by atomic mass is 10.2. The second-order valence-electron chi connectivity index (χ2n) is 4.44. The summed E-state index contributed by atoms with van der Waals surface area (Å²) in [5, 5.41) is 2.89. The lowest BCUT2D eigenvalue weighted by molar-refractivity contribution is -0.153. The van der Waals surface area contributed by atoms with Crippen LogP contribution in [-0.4, -0.2) is 49.9 Å². The first kappa shape index (κ1) is 17.1. The number of carbonyl (C=O) groups is 2. The second kappa shape index (κ2) is 9.07. The SMILES string of the molecule is CCN1CCOC(CC=O)C1=O.CNc1ccc(F)cc1. The average Bonchev–Trinajstić information content (AvgIpc) is 2.51. The molecule has 1 aromatic carbocycles. The van der Waals surface area contributed by atoms with Gasteiger partial charge in [0.2, 0.25) is 0 Å². The molecule has 1 amide bonds. The predicted molar refractivity (Wildman–Crippen MR) is 78.6 cm³/mol. The van der Waals surface area contributed by atoms with Crippen molar-refractivity contribution in [1.29, 1.82) is 0 Å². The molecule has 1 unspecified atom stereocenters. The van der Waals surface area contributed by atoms with Crippen molar-refractivity contribution in [2.45, 2.75) is 19.4 Å². The second-order valence-corrected chi connectivity index (χ2v) is 4.44. The molecule has 5 nitrogen and oxygen atoms in total. The van der Waals surface area contributed by atoms with Crippen LogP contribution in [-0.2, 0) is 14.3 Å². The van der Waals surface area contributed by atoms with Crippen LogP contribution in [0.3, 0.4) is 0 Å². The number of anilines is 1. The fourth-order valence-electron chi connectivity index (χ4n) is 1.88. The van der Waals surface area contributed by atoms with Crippen LogP contribution in [0.5, 0.6) is 0 Å². The number of amides is 1. The number of aldehydes is 1. The van der Waals surface area contributed by atoms with E-state index in [1.807, 2.05) is 6.92 Å². The zero-order valence-electron chi connectivity index (χ0n) is 12.3. The number of benzene rings is 1. The molecule has 0 saturated carbocycles. The van der Waals surface area contributed by atoms with Gasteiger partial charge < -0.3 is 19.7 Å². The van der Waals surface area contributed by atoms with Gasteiger partial charge in [0.1, 0.15) is 18.2 Å². The number of rotatable bonds is 4. The molecule has 0 aliphatic carbocycles. The van der Waals surface area contributed by atoms with E-state index in [1.165, 1.54) is 12.1 Å². The minimum Gasteiger partial charge on any atom is -0.388 e. The lowest BCUT2D eigenvalue weighted by Gasteiger charge is -2.30. The Morgan fingerprint density at radius 1 is 1.43 bits per heavy atom. The van der Waals surface area contributed by atoms with Crippen LogP contribution in [0.15, 0.2) is 24.3 Å². The largest absolute Gasteiger partial charge is 0.388 e. The van der Waals surface area contributed by atoms with Gasteiger partial charge in [-0.1, -0.05) is 0 Å². The summed E-state index contributed by atoms with van der Waals surface area (Å²) in [7, 11) is 1.80. The van der Waals surface area contributed by atoms with Gasteiger partial charge >= 0.3 is 0 Å². The van der Waals surface area contributed by atoms with Gasteiger partial charge in [0.05, 0.1) is 6.61 Å².